The highest BCUT2D eigenvalue weighted by molar-refractivity contribution is 5.85. The van der Waals surface area contributed by atoms with E-state index in [4.69, 9.17) is 4.74 Å². The summed E-state index contributed by atoms with van der Waals surface area (Å²) >= 11 is 0. The quantitative estimate of drug-likeness (QED) is 0.888. The Labute approximate surface area is 147 Å². The van der Waals surface area contributed by atoms with Gasteiger partial charge in [0, 0.05) is 26.2 Å². The van der Waals surface area contributed by atoms with Crippen molar-refractivity contribution in [1.82, 2.24) is 10.2 Å². The summed E-state index contributed by atoms with van der Waals surface area (Å²) in [7, 11) is 0. The standard InChI is InChI=1S/C17H23F3N2O.ClH/c1-16(6-7-21-11-16)12-22-8-9-23-15(10-22)13-2-4-14(5-3-13)17(18,19)20;/h2-5,15,21H,6-12H2,1H3;1H. The first-order valence-corrected chi connectivity index (χ1v) is 8.08. The van der Waals surface area contributed by atoms with E-state index >= 15 is 0 Å². The van der Waals surface area contributed by atoms with E-state index in [1.807, 2.05) is 0 Å². The monoisotopic (exact) mass is 364 g/mol. The van der Waals surface area contributed by atoms with Gasteiger partial charge in [-0.2, -0.15) is 13.2 Å². The molecule has 0 radical (unpaired) electrons. The van der Waals surface area contributed by atoms with Crippen molar-refractivity contribution in [2.24, 2.45) is 5.41 Å². The lowest BCUT2D eigenvalue weighted by atomic mass is 9.89. The first kappa shape index (κ1) is 19.5. The average molecular weight is 365 g/mol. The topological polar surface area (TPSA) is 24.5 Å². The van der Waals surface area contributed by atoms with Crippen molar-refractivity contribution in [2.45, 2.75) is 25.6 Å². The summed E-state index contributed by atoms with van der Waals surface area (Å²) in [4.78, 5) is 2.37. The fraction of sp³-hybridized carbons (Fsp3) is 0.647. The summed E-state index contributed by atoms with van der Waals surface area (Å²) in [6.07, 6.45) is -3.28. The number of hydrogen-bond donors (Lipinski definition) is 1. The molecule has 0 spiro atoms. The lowest BCUT2D eigenvalue weighted by Crippen LogP contribution is -2.44. The second-order valence-corrected chi connectivity index (χ2v) is 6.95. The van der Waals surface area contributed by atoms with Crippen molar-refractivity contribution in [3.63, 3.8) is 0 Å². The molecule has 7 heteroatoms. The maximum Gasteiger partial charge on any atom is 0.416 e. The minimum atomic E-state index is -4.29. The maximum absolute atomic E-state index is 12.6. The Morgan fingerprint density at radius 3 is 2.58 bits per heavy atom. The molecule has 2 unspecified atom stereocenters. The van der Waals surface area contributed by atoms with Crippen molar-refractivity contribution < 1.29 is 17.9 Å². The van der Waals surface area contributed by atoms with Crippen LogP contribution in [0.3, 0.4) is 0 Å². The fourth-order valence-electron chi connectivity index (χ4n) is 3.48. The normalized spacial score (nSPS) is 28.6. The van der Waals surface area contributed by atoms with E-state index in [0.717, 1.165) is 56.8 Å². The largest absolute Gasteiger partial charge is 0.416 e. The Morgan fingerprint density at radius 2 is 2.00 bits per heavy atom. The number of hydrogen-bond acceptors (Lipinski definition) is 3. The Morgan fingerprint density at radius 1 is 1.29 bits per heavy atom. The zero-order valence-electron chi connectivity index (χ0n) is 13.7. The lowest BCUT2D eigenvalue weighted by Gasteiger charge is -2.37. The van der Waals surface area contributed by atoms with Gasteiger partial charge in [0.25, 0.3) is 0 Å². The van der Waals surface area contributed by atoms with Gasteiger partial charge >= 0.3 is 6.18 Å². The first-order valence-electron chi connectivity index (χ1n) is 8.08. The Balaban J connectivity index is 0.00000208. The van der Waals surface area contributed by atoms with Crippen LogP contribution in [0.4, 0.5) is 13.2 Å². The minimum absolute atomic E-state index is 0. The van der Waals surface area contributed by atoms with E-state index in [-0.39, 0.29) is 23.9 Å². The second-order valence-electron chi connectivity index (χ2n) is 6.95. The molecule has 3 rings (SSSR count). The fourth-order valence-corrected chi connectivity index (χ4v) is 3.48. The molecule has 24 heavy (non-hydrogen) atoms. The number of rotatable bonds is 3. The molecule has 0 aromatic heterocycles. The first-order chi connectivity index (χ1) is 10.9. The van der Waals surface area contributed by atoms with Gasteiger partial charge in [-0.1, -0.05) is 19.1 Å². The smallest absolute Gasteiger partial charge is 0.371 e. The number of alkyl halides is 3. The van der Waals surface area contributed by atoms with Gasteiger partial charge in [0.1, 0.15) is 0 Å². The van der Waals surface area contributed by atoms with Crippen molar-refractivity contribution in [3.05, 3.63) is 35.4 Å². The molecule has 3 nitrogen and oxygen atoms in total. The predicted octanol–water partition coefficient (Wildman–Crippen LogP) is 3.50. The zero-order valence-corrected chi connectivity index (χ0v) is 14.6. The van der Waals surface area contributed by atoms with Gasteiger partial charge in [0.15, 0.2) is 0 Å². The van der Waals surface area contributed by atoms with Crippen LogP contribution in [0.2, 0.25) is 0 Å². The van der Waals surface area contributed by atoms with Crippen LogP contribution in [0.5, 0.6) is 0 Å². The molecule has 1 aromatic rings. The van der Waals surface area contributed by atoms with Crippen LogP contribution in [-0.4, -0.2) is 44.2 Å². The van der Waals surface area contributed by atoms with Crippen LogP contribution < -0.4 is 5.32 Å². The molecule has 0 amide bonds. The Bertz CT molecular complexity index is 530. The molecule has 2 atom stereocenters. The van der Waals surface area contributed by atoms with Gasteiger partial charge < -0.3 is 10.1 Å². The molecule has 136 valence electrons. The molecule has 2 fully saturated rings. The van der Waals surface area contributed by atoms with Crippen molar-refractivity contribution in [3.8, 4) is 0 Å². The predicted molar refractivity (Wildman–Crippen MR) is 89.4 cm³/mol. The van der Waals surface area contributed by atoms with Gasteiger partial charge in [-0.3, -0.25) is 4.90 Å². The highest BCUT2D eigenvalue weighted by Crippen LogP contribution is 2.32. The lowest BCUT2D eigenvalue weighted by molar-refractivity contribution is -0.137. The molecule has 0 bridgehead atoms. The van der Waals surface area contributed by atoms with Crippen LogP contribution in [0.15, 0.2) is 24.3 Å². The molecule has 2 heterocycles. The molecule has 1 N–H and O–H groups in total. The van der Waals surface area contributed by atoms with E-state index in [1.54, 1.807) is 0 Å². The van der Waals surface area contributed by atoms with E-state index in [0.29, 0.717) is 6.61 Å². The summed E-state index contributed by atoms with van der Waals surface area (Å²) < 4.78 is 43.7. The number of benzene rings is 1. The molecular weight excluding hydrogens is 341 g/mol. The molecule has 2 aliphatic heterocycles. The third-order valence-corrected chi connectivity index (χ3v) is 4.82. The number of ether oxygens (including phenoxy) is 1. The number of halogens is 4. The summed E-state index contributed by atoms with van der Waals surface area (Å²) in [5.74, 6) is 0. The highest BCUT2D eigenvalue weighted by atomic mass is 35.5. The molecule has 2 saturated heterocycles. The van der Waals surface area contributed by atoms with Gasteiger partial charge in [0.05, 0.1) is 18.3 Å². The number of morpholine rings is 1. The summed E-state index contributed by atoms with van der Waals surface area (Å²) in [5.41, 5.74) is 0.484. The number of nitrogens with zero attached hydrogens (tertiary/aromatic N) is 1. The SMILES string of the molecule is CC1(CN2CCOC(c3ccc(C(F)(F)F)cc3)C2)CCNC1.Cl. The number of nitrogens with one attached hydrogen (secondary N) is 1. The van der Waals surface area contributed by atoms with Crippen LogP contribution in [0, 0.1) is 5.41 Å². The summed E-state index contributed by atoms with van der Waals surface area (Å²) in [6, 6.07) is 5.35. The average Bonchev–Trinajstić information content (AvgIpc) is 2.93. The van der Waals surface area contributed by atoms with Gasteiger partial charge in [-0.05, 0) is 36.1 Å². The summed E-state index contributed by atoms with van der Waals surface area (Å²) in [5, 5.41) is 3.40. The molecule has 1 aromatic carbocycles. The molecular formula is C17H24ClF3N2O. The second kappa shape index (κ2) is 7.60. The van der Waals surface area contributed by atoms with E-state index in [9.17, 15) is 13.2 Å². The maximum atomic E-state index is 12.6. The Kier molecular flexibility index (Phi) is 6.18. The molecule has 2 aliphatic rings. The van der Waals surface area contributed by atoms with Crippen molar-refractivity contribution in [2.75, 3.05) is 39.3 Å². The van der Waals surface area contributed by atoms with Crippen LogP contribution in [0.1, 0.15) is 30.6 Å². The molecule has 0 aliphatic carbocycles. The minimum Gasteiger partial charge on any atom is -0.371 e. The Hall–Kier alpha value is -0.820. The summed E-state index contributed by atoms with van der Waals surface area (Å²) in [6.45, 7) is 7.61. The van der Waals surface area contributed by atoms with Crippen molar-refractivity contribution >= 4 is 12.4 Å². The van der Waals surface area contributed by atoms with Gasteiger partial charge in [0.2, 0.25) is 0 Å². The van der Waals surface area contributed by atoms with E-state index in [1.165, 1.54) is 12.1 Å². The van der Waals surface area contributed by atoms with Crippen LogP contribution >= 0.6 is 12.4 Å². The van der Waals surface area contributed by atoms with E-state index in [2.05, 4.69) is 17.1 Å². The van der Waals surface area contributed by atoms with Crippen LogP contribution in [-0.2, 0) is 10.9 Å². The molecule has 0 saturated carbocycles. The van der Waals surface area contributed by atoms with E-state index < -0.39 is 11.7 Å². The van der Waals surface area contributed by atoms with Crippen LogP contribution in [0.25, 0.3) is 0 Å². The third kappa shape index (κ3) is 4.63. The third-order valence-electron chi connectivity index (χ3n) is 4.82. The van der Waals surface area contributed by atoms with Crippen molar-refractivity contribution in [1.29, 1.82) is 0 Å². The van der Waals surface area contributed by atoms with Gasteiger partial charge in [-0.25, -0.2) is 0 Å². The highest BCUT2D eigenvalue weighted by Gasteiger charge is 2.34. The zero-order chi connectivity index (χ0) is 16.5. The van der Waals surface area contributed by atoms with Gasteiger partial charge in [-0.15, -0.1) is 12.4 Å².